The van der Waals surface area contributed by atoms with E-state index in [2.05, 4.69) is 25.9 Å². The Morgan fingerprint density at radius 3 is 2.36 bits per heavy atom. The van der Waals surface area contributed by atoms with Gasteiger partial charge in [0.1, 0.15) is 0 Å². The van der Waals surface area contributed by atoms with Crippen LogP contribution < -0.4 is 0 Å². The average Bonchev–Trinajstić information content (AvgIpc) is 2.18. The van der Waals surface area contributed by atoms with Crippen molar-refractivity contribution in [2.75, 3.05) is 20.6 Å². The van der Waals surface area contributed by atoms with E-state index < -0.39 is 0 Å². The molecule has 66 valence electrons. The van der Waals surface area contributed by atoms with Crippen LogP contribution in [-0.4, -0.2) is 36.8 Å². The number of aliphatic hydroxyl groups excluding tert-OH is 1. The number of hydrogen-bond acceptors (Lipinski definition) is 2. The minimum Gasteiger partial charge on any atom is -0.393 e. The van der Waals surface area contributed by atoms with Crippen LogP contribution in [0.4, 0.5) is 0 Å². The number of aliphatic hydroxyl groups is 1. The van der Waals surface area contributed by atoms with Crippen molar-refractivity contribution in [1.29, 1.82) is 0 Å². The molecule has 1 aliphatic carbocycles. The van der Waals surface area contributed by atoms with Crippen molar-refractivity contribution in [2.45, 2.75) is 25.9 Å². The Balaban J connectivity index is 2.36. The summed E-state index contributed by atoms with van der Waals surface area (Å²) in [6.07, 6.45) is 2.33. The second-order valence-electron chi connectivity index (χ2n) is 4.07. The first-order chi connectivity index (χ1) is 5.11. The molecule has 1 fully saturated rings. The second kappa shape index (κ2) is 3.55. The van der Waals surface area contributed by atoms with Crippen LogP contribution in [0.5, 0.6) is 0 Å². The Labute approximate surface area is 69.2 Å². The molecular formula is C9H19NO. The molecule has 0 aromatic heterocycles. The predicted octanol–water partition coefficient (Wildman–Crippen LogP) is 0.955. The maximum atomic E-state index is 9.68. The first kappa shape index (κ1) is 9.01. The fourth-order valence-corrected chi connectivity index (χ4v) is 1.95. The zero-order valence-corrected chi connectivity index (χ0v) is 7.75. The molecule has 1 aliphatic rings. The molecule has 0 radical (unpaired) electrons. The van der Waals surface area contributed by atoms with Crippen LogP contribution >= 0.6 is 0 Å². The first-order valence-electron chi connectivity index (χ1n) is 4.44. The van der Waals surface area contributed by atoms with E-state index >= 15 is 0 Å². The quantitative estimate of drug-likeness (QED) is 0.645. The lowest BCUT2D eigenvalue weighted by Crippen LogP contribution is -2.29. The van der Waals surface area contributed by atoms with E-state index in [1.165, 1.54) is 12.8 Å². The van der Waals surface area contributed by atoms with E-state index in [0.717, 1.165) is 6.54 Å². The van der Waals surface area contributed by atoms with Gasteiger partial charge in [0.05, 0.1) is 6.10 Å². The van der Waals surface area contributed by atoms with E-state index in [0.29, 0.717) is 11.8 Å². The summed E-state index contributed by atoms with van der Waals surface area (Å²) in [4.78, 5) is 2.16. The van der Waals surface area contributed by atoms with E-state index in [-0.39, 0.29) is 6.10 Å². The Morgan fingerprint density at radius 1 is 1.36 bits per heavy atom. The summed E-state index contributed by atoms with van der Waals surface area (Å²) in [6.45, 7) is 3.17. The summed E-state index contributed by atoms with van der Waals surface area (Å²) in [7, 11) is 4.13. The number of hydrogen-bond donors (Lipinski definition) is 1. The Morgan fingerprint density at radius 2 is 2.00 bits per heavy atom. The van der Waals surface area contributed by atoms with Crippen molar-refractivity contribution in [3.8, 4) is 0 Å². The summed E-state index contributed by atoms with van der Waals surface area (Å²) in [5, 5.41) is 9.68. The van der Waals surface area contributed by atoms with Crippen molar-refractivity contribution in [2.24, 2.45) is 11.8 Å². The zero-order valence-electron chi connectivity index (χ0n) is 7.75. The molecule has 0 aromatic rings. The maximum Gasteiger partial charge on any atom is 0.0606 e. The topological polar surface area (TPSA) is 23.5 Å². The summed E-state index contributed by atoms with van der Waals surface area (Å²) in [5.41, 5.74) is 0. The molecule has 1 rings (SSSR count). The predicted molar refractivity (Wildman–Crippen MR) is 46.4 cm³/mol. The Hall–Kier alpha value is -0.0800. The van der Waals surface area contributed by atoms with Crippen LogP contribution in [0.2, 0.25) is 0 Å². The lowest BCUT2D eigenvalue weighted by atomic mass is 10.0. The van der Waals surface area contributed by atoms with Crippen molar-refractivity contribution in [1.82, 2.24) is 4.90 Å². The van der Waals surface area contributed by atoms with Gasteiger partial charge >= 0.3 is 0 Å². The van der Waals surface area contributed by atoms with Crippen molar-refractivity contribution in [3.05, 3.63) is 0 Å². The molecule has 0 spiro atoms. The molecule has 2 nitrogen and oxygen atoms in total. The standard InChI is InChI=1S/C9H19NO/c1-7-4-5-8(9(7)11)6-10(2)3/h7-9,11H,4-6H2,1-3H3/t7-,8+,9-/m1/s1. The highest BCUT2D eigenvalue weighted by Crippen LogP contribution is 2.30. The van der Waals surface area contributed by atoms with Crippen LogP contribution in [0.1, 0.15) is 19.8 Å². The highest BCUT2D eigenvalue weighted by Gasteiger charge is 2.31. The zero-order chi connectivity index (χ0) is 8.43. The van der Waals surface area contributed by atoms with Gasteiger partial charge in [0, 0.05) is 6.54 Å². The molecule has 1 saturated carbocycles. The molecule has 0 aromatic carbocycles. The van der Waals surface area contributed by atoms with E-state index in [1.807, 2.05) is 0 Å². The summed E-state index contributed by atoms with van der Waals surface area (Å²) < 4.78 is 0. The molecule has 1 N–H and O–H groups in total. The lowest BCUT2D eigenvalue weighted by Gasteiger charge is -2.20. The third-order valence-electron chi connectivity index (χ3n) is 2.66. The Kier molecular flexibility index (Phi) is 2.90. The van der Waals surface area contributed by atoms with Gasteiger partial charge in [-0.25, -0.2) is 0 Å². The fraction of sp³-hybridized carbons (Fsp3) is 1.00. The lowest BCUT2D eigenvalue weighted by molar-refractivity contribution is 0.0848. The second-order valence-corrected chi connectivity index (χ2v) is 4.07. The molecule has 0 bridgehead atoms. The summed E-state index contributed by atoms with van der Waals surface area (Å²) in [6, 6.07) is 0. The minimum atomic E-state index is -0.0580. The number of rotatable bonds is 2. The van der Waals surface area contributed by atoms with Crippen LogP contribution in [0.25, 0.3) is 0 Å². The van der Waals surface area contributed by atoms with Gasteiger partial charge in [0.15, 0.2) is 0 Å². The molecule has 3 atom stereocenters. The first-order valence-corrected chi connectivity index (χ1v) is 4.44. The van der Waals surface area contributed by atoms with Crippen molar-refractivity contribution in [3.63, 3.8) is 0 Å². The largest absolute Gasteiger partial charge is 0.393 e. The molecule has 0 heterocycles. The van der Waals surface area contributed by atoms with Gasteiger partial charge in [-0.3, -0.25) is 0 Å². The third kappa shape index (κ3) is 2.17. The van der Waals surface area contributed by atoms with Gasteiger partial charge < -0.3 is 10.0 Å². The van der Waals surface area contributed by atoms with Crippen LogP contribution in [0.15, 0.2) is 0 Å². The van der Waals surface area contributed by atoms with Crippen LogP contribution in [-0.2, 0) is 0 Å². The molecule has 11 heavy (non-hydrogen) atoms. The fourth-order valence-electron chi connectivity index (χ4n) is 1.95. The van der Waals surface area contributed by atoms with E-state index in [4.69, 9.17) is 0 Å². The SMILES string of the molecule is C[C@@H]1CC[C@@H](CN(C)C)[C@@H]1O. The van der Waals surface area contributed by atoms with Gasteiger partial charge in [0.25, 0.3) is 0 Å². The smallest absolute Gasteiger partial charge is 0.0606 e. The Bertz CT molecular complexity index is 125. The van der Waals surface area contributed by atoms with Crippen LogP contribution in [0.3, 0.4) is 0 Å². The van der Waals surface area contributed by atoms with Gasteiger partial charge in [-0.1, -0.05) is 6.92 Å². The van der Waals surface area contributed by atoms with Gasteiger partial charge in [-0.2, -0.15) is 0 Å². The maximum absolute atomic E-state index is 9.68. The van der Waals surface area contributed by atoms with Crippen molar-refractivity contribution >= 4 is 0 Å². The molecule has 0 saturated heterocycles. The highest BCUT2D eigenvalue weighted by atomic mass is 16.3. The summed E-state index contributed by atoms with van der Waals surface area (Å²) in [5.74, 6) is 1.03. The molecular weight excluding hydrogens is 138 g/mol. The van der Waals surface area contributed by atoms with Gasteiger partial charge in [-0.15, -0.1) is 0 Å². The molecule has 0 aliphatic heterocycles. The van der Waals surface area contributed by atoms with Gasteiger partial charge in [0.2, 0.25) is 0 Å². The van der Waals surface area contributed by atoms with E-state index in [9.17, 15) is 5.11 Å². The molecule has 2 heteroatoms. The van der Waals surface area contributed by atoms with E-state index in [1.54, 1.807) is 0 Å². The normalized spacial score (nSPS) is 38.5. The highest BCUT2D eigenvalue weighted by molar-refractivity contribution is 4.83. The minimum absolute atomic E-state index is 0.0580. The monoisotopic (exact) mass is 157 g/mol. The third-order valence-corrected chi connectivity index (χ3v) is 2.66. The molecule has 0 unspecified atom stereocenters. The summed E-state index contributed by atoms with van der Waals surface area (Å²) >= 11 is 0. The van der Waals surface area contributed by atoms with Crippen LogP contribution in [0, 0.1) is 11.8 Å². The molecule has 0 amide bonds. The number of nitrogens with zero attached hydrogens (tertiary/aromatic N) is 1. The van der Waals surface area contributed by atoms with Gasteiger partial charge in [-0.05, 0) is 38.8 Å². The van der Waals surface area contributed by atoms with Crippen molar-refractivity contribution < 1.29 is 5.11 Å². The average molecular weight is 157 g/mol.